The van der Waals surface area contributed by atoms with Crippen LogP contribution in [0.15, 0.2) is 12.7 Å². The van der Waals surface area contributed by atoms with Crippen molar-refractivity contribution in [3.8, 4) is 0 Å². The van der Waals surface area contributed by atoms with Gasteiger partial charge in [0.2, 0.25) is 5.91 Å². The van der Waals surface area contributed by atoms with Crippen molar-refractivity contribution in [2.24, 2.45) is 0 Å². The predicted molar refractivity (Wildman–Crippen MR) is 31.0 cm³/mol. The fourth-order valence-electron chi connectivity index (χ4n) is 0.102. The molecule has 0 rings (SSSR count). The van der Waals surface area contributed by atoms with Crippen molar-refractivity contribution in [1.82, 2.24) is 5.32 Å². The predicted octanol–water partition coefficient (Wildman–Crippen LogP) is 0.554. The zero-order valence-corrected chi connectivity index (χ0v) is 3.69. The van der Waals surface area contributed by atoms with Gasteiger partial charge in [0.25, 0.3) is 0 Å². The Hall–Kier alpha value is -0.790. The Bertz CT molecular complexity index is 68.5. The van der Waals surface area contributed by atoms with E-state index in [2.05, 4.69) is 11.9 Å². The van der Waals surface area contributed by atoms with Gasteiger partial charge in [-0.2, -0.15) is 0 Å². The van der Waals surface area contributed by atoms with Crippen LogP contribution >= 0.6 is 0 Å². The maximum Gasteiger partial charge on any atom is 0.243 e. The van der Waals surface area contributed by atoms with Gasteiger partial charge in [-0.25, -0.2) is 0 Å². The summed E-state index contributed by atoms with van der Waals surface area (Å²) in [5.74, 6) is -0.144. The number of likely N-dealkylation sites (N-methyl/N-ethyl adjacent to an activating group) is 1. The summed E-state index contributed by atoms with van der Waals surface area (Å²) in [5, 5.41) is 2.36. The molecule has 1 amide bonds. The van der Waals surface area contributed by atoms with E-state index in [1.54, 1.807) is 7.05 Å². The molecule has 0 aromatic heterocycles. The molecular weight excluding hydrogens is 90.1 g/mol. The van der Waals surface area contributed by atoms with Crippen molar-refractivity contribution < 1.29 is 4.79 Å². The van der Waals surface area contributed by atoms with Gasteiger partial charge in [-0.15, -0.1) is 0 Å². The average Bonchev–Trinajstić information content (AvgIpc) is 1.65. The lowest BCUT2D eigenvalue weighted by Gasteiger charge is -1.82. The molecule has 0 bridgehead atoms. The van der Waals surface area contributed by atoms with E-state index in [9.17, 15) is 4.79 Å². The van der Waals surface area contributed by atoms with Gasteiger partial charge in [0, 0.05) is 7.05 Å². The summed E-state index contributed by atoms with van der Waals surface area (Å²) >= 11 is 0. The molecule has 2 heteroatoms. The van der Waals surface area contributed by atoms with Crippen LogP contribution in [0, 0.1) is 0 Å². The number of hydrogen-bond donors (Lipinski definition) is 1. The molecule has 0 aromatic rings. The molecule has 7 heavy (non-hydrogen) atoms. The van der Waals surface area contributed by atoms with Crippen molar-refractivity contribution in [3.05, 3.63) is 12.7 Å². The Balaban J connectivity index is 0. The lowest BCUT2D eigenvalue weighted by Crippen LogP contribution is -2.13. The van der Waals surface area contributed by atoms with Gasteiger partial charge < -0.3 is 5.32 Å². The van der Waals surface area contributed by atoms with Crippen LogP contribution in [0.2, 0.25) is 0 Å². The first-order valence-electron chi connectivity index (χ1n) is 1.65. The zero-order chi connectivity index (χ0) is 4.99. The minimum Gasteiger partial charge on any atom is -0.356 e. The molecule has 1 N–H and O–H groups in total. The van der Waals surface area contributed by atoms with Gasteiger partial charge in [0.15, 0.2) is 0 Å². The quantitative estimate of drug-likeness (QED) is 0.480. The van der Waals surface area contributed by atoms with Gasteiger partial charge in [-0.3, -0.25) is 4.79 Å². The molecule has 0 spiro atoms. The highest BCUT2D eigenvalue weighted by Gasteiger charge is 1.78. The summed E-state index contributed by atoms with van der Waals surface area (Å²) in [6, 6.07) is 0. The summed E-state index contributed by atoms with van der Waals surface area (Å²) < 4.78 is 0. The van der Waals surface area contributed by atoms with Gasteiger partial charge in [0.1, 0.15) is 0 Å². The van der Waals surface area contributed by atoms with Crippen molar-refractivity contribution in [2.75, 3.05) is 7.05 Å². The molecule has 0 aliphatic carbocycles. The monoisotopic (exact) mass is 101 g/mol. The Labute approximate surface area is 44.2 Å². The van der Waals surface area contributed by atoms with E-state index in [0.29, 0.717) is 0 Å². The average molecular weight is 101 g/mol. The van der Waals surface area contributed by atoms with E-state index in [1.165, 1.54) is 6.08 Å². The van der Waals surface area contributed by atoms with Gasteiger partial charge in [0.05, 0.1) is 0 Å². The molecule has 0 radical (unpaired) electrons. The lowest BCUT2D eigenvalue weighted by molar-refractivity contribution is -0.116. The second kappa shape index (κ2) is 5.21. The standard InChI is InChI=1S/C4H7NO.CH4/c1-3-4(6)5-2;/h3H,1H2,2H3,(H,5,6);1H4. The van der Waals surface area contributed by atoms with Crippen LogP contribution in [0.4, 0.5) is 0 Å². The SMILES string of the molecule is C.C=CC(=O)NC. The number of nitrogens with one attached hydrogen (secondary N) is 1. The Morgan fingerprint density at radius 2 is 2.29 bits per heavy atom. The number of carbonyl (C=O) groups is 1. The topological polar surface area (TPSA) is 29.1 Å². The van der Waals surface area contributed by atoms with Crippen LogP contribution in [-0.2, 0) is 4.79 Å². The van der Waals surface area contributed by atoms with Crippen LogP contribution in [0.1, 0.15) is 7.43 Å². The summed E-state index contributed by atoms with van der Waals surface area (Å²) in [4.78, 5) is 9.95. The van der Waals surface area contributed by atoms with E-state index < -0.39 is 0 Å². The second-order valence-electron chi connectivity index (χ2n) is 0.818. The largest absolute Gasteiger partial charge is 0.356 e. The molecule has 0 saturated heterocycles. The van der Waals surface area contributed by atoms with E-state index in [-0.39, 0.29) is 13.3 Å². The van der Waals surface area contributed by atoms with Gasteiger partial charge in [-0.1, -0.05) is 14.0 Å². The van der Waals surface area contributed by atoms with Crippen molar-refractivity contribution in [3.63, 3.8) is 0 Å². The number of hydrogen-bond acceptors (Lipinski definition) is 1. The summed E-state index contributed by atoms with van der Waals surface area (Å²) in [5.41, 5.74) is 0. The minimum atomic E-state index is -0.144. The Kier molecular flexibility index (Phi) is 7.08. The van der Waals surface area contributed by atoms with Gasteiger partial charge in [-0.05, 0) is 6.08 Å². The molecule has 0 heterocycles. The summed E-state index contributed by atoms with van der Waals surface area (Å²) in [6.07, 6.45) is 1.22. The fraction of sp³-hybridized carbons (Fsp3) is 0.400. The van der Waals surface area contributed by atoms with Crippen LogP contribution in [0.5, 0.6) is 0 Å². The maximum absolute atomic E-state index is 9.95. The first kappa shape index (κ1) is 9.51. The van der Waals surface area contributed by atoms with Crippen LogP contribution in [0.3, 0.4) is 0 Å². The van der Waals surface area contributed by atoms with E-state index >= 15 is 0 Å². The van der Waals surface area contributed by atoms with Crippen LogP contribution in [0.25, 0.3) is 0 Å². The van der Waals surface area contributed by atoms with Crippen molar-refractivity contribution in [1.29, 1.82) is 0 Å². The zero-order valence-electron chi connectivity index (χ0n) is 3.69. The van der Waals surface area contributed by atoms with Crippen molar-refractivity contribution in [2.45, 2.75) is 7.43 Å². The van der Waals surface area contributed by atoms with Crippen LogP contribution < -0.4 is 5.32 Å². The molecule has 0 saturated carbocycles. The second-order valence-corrected chi connectivity index (χ2v) is 0.818. The number of rotatable bonds is 1. The summed E-state index contributed by atoms with van der Waals surface area (Å²) in [7, 11) is 1.56. The molecule has 0 atom stereocenters. The molecule has 2 nitrogen and oxygen atoms in total. The normalized spacial score (nSPS) is 5.86. The summed E-state index contributed by atoms with van der Waals surface area (Å²) in [6.45, 7) is 3.22. The van der Waals surface area contributed by atoms with E-state index in [1.807, 2.05) is 0 Å². The lowest BCUT2D eigenvalue weighted by atomic mass is 10.6. The molecule has 0 unspecified atom stereocenters. The highest BCUT2D eigenvalue weighted by Crippen LogP contribution is 1.56. The highest BCUT2D eigenvalue weighted by molar-refractivity contribution is 5.86. The molecule has 0 aliphatic rings. The number of amides is 1. The third-order valence-corrected chi connectivity index (χ3v) is 0.432. The third kappa shape index (κ3) is 5.21. The van der Waals surface area contributed by atoms with Crippen LogP contribution in [-0.4, -0.2) is 13.0 Å². The first-order valence-corrected chi connectivity index (χ1v) is 1.65. The first-order chi connectivity index (χ1) is 2.81. The number of carbonyl (C=O) groups excluding carboxylic acids is 1. The maximum atomic E-state index is 9.95. The molecular formula is C5H11NO. The van der Waals surface area contributed by atoms with E-state index in [0.717, 1.165) is 0 Å². The minimum absolute atomic E-state index is 0. The Morgan fingerprint density at radius 3 is 2.29 bits per heavy atom. The highest BCUT2D eigenvalue weighted by atomic mass is 16.1. The van der Waals surface area contributed by atoms with Crippen molar-refractivity contribution >= 4 is 5.91 Å². The molecule has 0 aromatic carbocycles. The Morgan fingerprint density at radius 1 is 1.86 bits per heavy atom. The molecule has 0 aliphatic heterocycles. The van der Waals surface area contributed by atoms with Gasteiger partial charge >= 0.3 is 0 Å². The fourth-order valence-corrected chi connectivity index (χ4v) is 0.102. The smallest absolute Gasteiger partial charge is 0.243 e. The molecule has 42 valence electrons. The third-order valence-electron chi connectivity index (χ3n) is 0.432. The molecule has 0 fully saturated rings. The van der Waals surface area contributed by atoms with E-state index in [4.69, 9.17) is 0 Å².